The third-order valence-corrected chi connectivity index (χ3v) is 4.09. The molecule has 0 aliphatic carbocycles. The molecular formula is C14H21BrN4O. The smallest absolute Gasteiger partial charge is 0.250 e. The first-order valence-electron chi connectivity index (χ1n) is 6.81. The number of carbonyl (C=O) groups is 1. The molecule has 0 radical (unpaired) electrons. The van der Waals surface area contributed by atoms with Crippen LogP contribution in [0.2, 0.25) is 0 Å². The van der Waals surface area contributed by atoms with Gasteiger partial charge in [-0.25, -0.2) is 0 Å². The zero-order valence-corrected chi connectivity index (χ0v) is 13.3. The van der Waals surface area contributed by atoms with Gasteiger partial charge in [-0.3, -0.25) is 9.69 Å². The van der Waals surface area contributed by atoms with Gasteiger partial charge in [-0.15, -0.1) is 0 Å². The van der Waals surface area contributed by atoms with Gasteiger partial charge in [-0.1, -0.05) is 15.9 Å². The monoisotopic (exact) mass is 340 g/mol. The number of hydrogen-bond acceptors (Lipinski definition) is 4. The second kappa shape index (κ2) is 7.06. The minimum atomic E-state index is -0.393. The average molecular weight is 341 g/mol. The summed E-state index contributed by atoms with van der Waals surface area (Å²) in [4.78, 5) is 16.1. The van der Waals surface area contributed by atoms with Crippen LogP contribution in [-0.4, -0.2) is 57.1 Å². The maximum Gasteiger partial charge on any atom is 0.250 e. The summed E-state index contributed by atoms with van der Waals surface area (Å²) in [7, 11) is 2.00. The Labute approximate surface area is 128 Å². The van der Waals surface area contributed by atoms with E-state index in [1.165, 1.54) is 0 Å². The topological polar surface area (TPSA) is 61.6 Å². The summed E-state index contributed by atoms with van der Waals surface area (Å²) in [5.41, 5.74) is 6.90. The highest BCUT2D eigenvalue weighted by atomic mass is 79.9. The zero-order chi connectivity index (χ0) is 14.5. The Morgan fingerprint density at radius 3 is 2.80 bits per heavy atom. The molecule has 2 rings (SSSR count). The largest absolute Gasteiger partial charge is 0.373 e. The normalized spacial score (nSPS) is 16.1. The molecule has 0 spiro atoms. The predicted molar refractivity (Wildman–Crippen MR) is 85.2 cm³/mol. The van der Waals surface area contributed by atoms with E-state index in [1.54, 1.807) is 6.07 Å². The average Bonchev–Trinajstić information content (AvgIpc) is 2.45. The summed E-state index contributed by atoms with van der Waals surface area (Å²) in [6.07, 6.45) is 0. The van der Waals surface area contributed by atoms with Crippen LogP contribution in [0.4, 0.5) is 5.69 Å². The van der Waals surface area contributed by atoms with Crippen LogP contribution in [0.15, 0.2) is 22.7 Å². The third-order valence-electron chi connectivity index (χ3n) is 3.60. The van der Waals surface area contributed by atoms with Crippen molar-refractivity contribution >= 4 is 27.5 Å². The standard InChI is InChI=1S/C14H21BrN4O/c1-18(8-9-19-6-4-17-5-7-19)13-3-2-11(15)10-12(13)14(16)20/h2-3,10,17H,4-9H2,1H3,(H2,16,20). The minimum absolute atomic E-state index is 0.393. The van der Waals surface area contributed by atoms with Crippen molar-refractivity contribution in [2.45, 2.75) is 0 Å². The first-order chi connectivity index (χ1) is 9.58. The van der Waals surface area contributed by atoms with Gasteiger partial charge in [-0.05, 0) is 18.2 Å². The number of likely N-dealkylation sites (N-methyl/N-ethyl adjacent to an activating group) is 1. The molecule has 20 heavy (non-hydrogen) atoms. The first kappa shape index (κ1) is 15.3. The molecule has 0 aromatic heterocycles. The van der Waals surface area contributed by atoms with Crippen LogP contribution in [0.5, 0.6) is 0 Å². The number of benzene rings is 1. The lowest BCUT2D eigenvalue weighted by Gasteiger charge is -2.30. The van der Waals surface area contributed by atoms with E-state index in [2.05, 4.69) is 31.0 Å². The number of nitrogens with zero attached hydrogens (tertiary/aromatic N) is 2. The molecule has 3 N–H and O–H groups in total. The number of primary amides is 1. The van der Waals surface area contributed by atoms with Crippen molar-refractivity contribution in [2.24, 2.45) is 5.73 Å². The Hall–Kier alpha value is -1.11. The molecule has 6 heteroatoms. The highest BCUT2D eigenvalue weighted by molar-refractivity contribution is 9.10. The first-order valence-corrected chi connectivity index (χ1v) is 7.61. The lowest BCUT2D eigenvalue weighted by Crippen LogP contribution is -2.46. The van der Waals surface area contributed by atoms with Crippen molar-refractivity contribution in [3.8, 4) is 0 Å². The van der Waals surface area contributed by atoms with E-state index >= 15 is 0 Å². The number of carbonyl (C=O) groups excluding carboxylic acids is 1. The van der Waals surface area contributed by atoms with Gasteiger partial charge in [0.1, 0.15) is 0 Å². The van der Waals surface area contributed by atoms with Gasteiger partial charge in [0.15, 0.2) is 0 Å². The van der Waals surface area contributed by atoms with E-state index in [4.69, 9.17) is 5.73 Å². The minimum Gasteiger partial charge on any atom is -0.373 e. The second-order valence-electron chi connectivity index (χ2n) is 5.04. The quantitative estimate of drug-likeness (QED) is 0.835. The molecule has 1 aliphatic heterocycles. The molecule has 110 valence electrons. The van der Waals surface area contributed by atoms with Crippen molar-refractivity contribution in [3.63, 3.8) is 0 Å². The molecule has 1 amide bonds. The molecule has 0 saturated carbocycles. The van der Waals surface area contributed by atoms with Crippen LogP contribution in [0, 0.1) is 0 Å². The van der Waals surface area contributed by atoms with Crippen LogP contribution in [0.25, 0.3) is 0 Å². The molecule has 1 fully saturated rings. The van der Waals surface area contributed by atoms with Crippen molar-refractivity contribution in [2.75, 3.05) is 51.2 Å². The molecule has 1 aromatic carbocycles. The fraction of sp³-hybridized carbons (Fsp3) is 0.500. The van der Waals surface area contributed by atoms with Crippen LogP contribution in [0.1, 0.15) is 10.4 Å². The summed E-state index contributed by atoms with van der Waals surface area (Å²) >= 11 is 3.37. The summed E-state index contributed by atoms with van der Waals surface area (Å²) in [6, 6.07) is 5.64. The van der Waals surface area contributed by atoms with E-state index in [1.807, 2.05) is 19.2 Å². The molecule has 0 atom stereocenters. The number of amides is 1. The van der Waals surface area contributed by atoms with Gasteiger partial charge in [0.25, 0.3) is 5.91 Å². The Morgan fingerprint density at radius 1 is 1.45 bits per heavy atom. The second-order valence-corrected chi connectivity index (χ2v) is 5.95. The van der Waals surface area contributed by atoms with Gasteiger partial charge in [0.2, 0.25) is 0 Å². The molecular weight excluding hydrogens is 320 g/mol. The Bertz CT molecular complexity index is 474. The van der Waals surface area contributed by atoms with Crippen LogP contribution >= 0.6 is 15.9 Å². The molecule has 5 nitrogen and oxygen atoms in total. The zero-order valence-electron chi connectivity index (χ0n) is 11.7. The number of nitrogens with one attached hydrogen (secondary N) is 1. The Morgan fingerprint density at radius 2 is 2.15 bits per heavy atom. The molecule has 1 saturated heterocycles. The summed E-state index contributed by atoms with van der Waals surface area (Å²) in [5, 5.41) is 3.34. The maximum absolute atomic E-state index is 11.5. The number of hydrogen-bond donors (Lipinski definition) is 2. The van der Waals surface area contributed by atoms with Gasteiger partial charge < -0.3 is 16.0 Å². The number of rotatable bonds is 5. The van der Waals surface area contributed by atoms with E-state index in [-0.39, 0.29) is 0 Å². The summed E-state index contributed by atoms with van der Waals surface area (Å²) in [5.74, 6) is -0.393. The molecule has 1 aromatic rings. The number of piperazine rings is 1. The Balaban J connectivity index is 2.01. The van der Waals surface area contributed by atoms with Gasteiger partial charge >= 0.3 is 0 Å². The van der Waals surface area contributed by atoms with Gasteiger partial charge in [-0.2, -0.15) is 0 Å². The van der Waals surface area contributed by atoms with Crippen LogP contribution in [0.3, 0.4) is 0 Å². The lowest BCUT2D eigenvalue weighted by atomic mass is 10.1. The fourth-order valence-electron chi connectivity index (χ4n) is 2.39. The number of nitrogens with two attached hydrogens (primary N) is 1. The predicted octanol–water partition coefficient (Wildman–Crippen LogP) is 0.889. The molecule has 1 aliphatic rings. The van der Waals surface area contributed by atoms with Crippen LogP contribution in [-0.2, 0) is 0 Å². The number of anilines is 1. The van der Waals surface area contributed by atoms with Crippen molar-refractivity contribution in [3.05, 3.63) is 28.2 Å². The highest BCUT2D eigenvalue weighted by Crippen LogP contribution is 2.23. The molecule has 0 unspecified atom stereocenters. The van der Waals surface area contributed by atoms with Crippen molar-refractivity contribution in [1.29, 1.82) is 0 Å². The van der Waals surface area contributed by atoms with Crippen molar-refractivity contribution < 1.29 is 4.79 Å². The van der Waals surface area contributed by atoms with Crippen LogP contribution < -0.4 is 16.0 Å². The third kappa shape index (κ3) is 3.94. The summed E-state index contributed by atoms with van der Waals surface area (Å²) in [6.45, 7) is 6.13. The van der Waals surface area contributed by atoms with E-state index in [0.717, 1.165) is 49.4 Å². The SMILES string of the molecule is CN(CCN1CCNCC1)c1ccc(Br)cc1C(N)=O. The molecule has 1 heterocycles. The van der Waals surface area contributed by atoms with E-state index in [9.17, 15) is 4.79 Å². The van der Waals surface area contributed by atoms with E-state index < -0.39 is 5.91 Å². The Kier molecular flexibility index (Phi) is 5.39. The maximum atomic E-state index is 11.5. The van der Waals surface area contributed by atoms with E-state index in [0.29, 0.717) is 5.56 Å². The fourth-order valence-corrected chi connectivity index (χ4v) is 2.75. The highest BCUT2D eigenvalue weighted by Gasteiger charge is 2.14. The van der Waals surface area contributed by atoms with Crippen molar-refractivity contribution in [1.82, 2.24) is 10.2 Å². The number of halogens is 1. The summed E-state index contributed by atoms with van der Waals surface area (Å²) < 4.78 is 0.866. The van der Waals surface area contributed by atoms with Gasteiger partial charge in [0, 0.05) is 56.5 Å². The van der Waals surface area contributed by atoms with Gasteiger partial charge in [0.05, 0.1) is 5.56 Å². The lowest BCUT2D eigenvalue weighted by molar-refractivity contribution is 0.100. The molecule has 0 bridgehead atoms.